The number of aryl methyl sites for hydroxylation is 1. The highest BCUT2D eigenvalue weighted by molar-refractivity contribution is 7.89. The Balaban J connectivity index is 1.55. The third kappa shape index (κ3) is 5.13. The van der Waals surface area contributed by atoms with E-state index in [1.807, 2.05) is 12.1 Å². The second-order valence-electron chi connectivity index (χ2n) is 6.90. The first kappa shape index (κ1) is 21.3. The van der Waals surface area contributed by atoms with Crippen LogP contribution in [0, 0.1) is 5.82 Å². The SMILES string of the molecule is CCCc1ccc(S(=O)(=O)N2CCN(C(=O)COc3ccccc3F)CC2)cc1. The summed E-state index contributed by atoms with van der Waals surface area (Å²) >= 11 is 0. The molecule has 0 spiro atoms. The van der Waals surface area contributed by atoms with E-state index in [2.05, 4.69) is 6.92 Å². The number of hydrogen-bond acceptors (Lipinski definition) is 4. The number of para-hydroxylation sites is 1. The molecule has 0 aliphatic carbocycles. The van der Waals surface area contributed by atoms with Crippen LogP contribution < -0.4 is 4.74 Å². The summed E-state index contributed by atoms with van der Waals surface area (Å²) in [6.07, 6.45) is 1.92. The number of carbonyl (C=O) groups excluding carboxylic acids is 1. The summed E-state index contributed by atoms with van der Waals surface area (Å²) < 4.78 is 45.9. The molecule has 0 radical (unpaired) electrons. The minimum atomic E-state index is -3.59. The number of piperazine rings is 1. The molecule has 3 rings (SSSR count). The number of sulfonamides is 1. The molecule has 1 heterocycles. The summed E-state index contributed by atoms with van der Waals surface area (Å²) in [4.78, 5) is 14.1. The Kier molecular flexibility index (Phi) is 6.87. The van der Waals surface area contributed by atoms with Crippen LogP contribution in [0.4, 0.5) is 4.39 Å². The lowest BCUT2D eigenvalue weighted by Crippen LogP contribution is -2.51. The molecule has 2 aromatic carbocycles. The summed E-state index contributed by atoms with van der Waals surface area (Å²) in [6.45, 7) is 2.76. The fraction of sp³-hybridized carbons (Fsp3) is 0.381. The average Bonchev–Trinajstić information content (AvgIpc) is 2.74. The highest BCUT2D eigenvalue weighted by Gasteiger charge is 2.30. The zero-order valence-electron chi connectivity index (χ0n) is 16.4. The molecule has 0 saturated carbocycles. The largest absolute Gasteiger partial charge is 0.481 e. The van der Waals surface area contributed by atoms with Crippen LogP contribution in [-0.2, 0) is 21.2 Å². The lowest BCUT2D eigenvalue weighted by Gasteiger charge is -2.34. The van der Waals surface area contributed by atoms with Gasteiger partial charge in [0.1, 0.15) is 0 Å². The van der Waals surface area contributed by atoms with Gasteiger partial charge in [0.2, 0.25) is 10.0 Å². The summed E-state index contributed by atoms with van der Waals surface area (Å²) in [7, 11) is -3.59. The van der Waals surface area contributed by atoms with Gasteiger partial charge in [-0.3, -0.25) is 4.79 Å². The molecule has 1 aliphatic rings. The van der Waals surface area contributed by atoms with Crippen LogP contribution in [0.15, 0.2) is 53.4 Å². The van der Waals surface area contributed by atoms with Crippen molar-refractivity contribution in [1.82, 2.24) is 9.21 Å². The lowest BCUT2D eigenvalue weighted by molar-refractivity contribution is -0.134. The number of halogens is 1. The van der Waals surface area contributed by atoms with Gasteiger partial charge in [-0.2, -0.15) is 4.31 Å². The quantitative estimate of drug-likeness (QED) is 0.691. The summed E-state index contributed by atoms with van der Waals surface area (Å²) in [5, 5.41) is 0. The Morgan fingerprint density at radius 3 is 2.31 bits per heavy atom. The highest BCUT2D eigenvalue weighted by Crippen LogP contribution is 2.19. The fourth-order valence-electron chi connectivity index (χ4n) is 3.24. The maximum Gasteiger partial charge on any atom is 0.260 e. The fourth-order valence-corrected chi connectivity index (χ4v) is 4.66. The number of amides is 1. The molecule has 156 valence electrons. The van der Waals surface area contributed by atoms with E-state index in [0.717, 1.165) is 18.4 Å². The number of ether oxygens (including phenoxy) is 1. The molecular weight excluding hydrogens is 395 g/mol. The van der Waals surface area contributed by atoms with Crippen molar-refractivity contribution in [3.63, 3.8) is 0 Å². The Hall–Kier alpha value is -2.45. The van der Waals surface area contributed by atoms with Gasteiger partial charge in [0.25, 0.3) is 5.91 Å². The smallest absolute Gasteiger partial charge is 0.260 e. The topological polar surface area (TPSA) is 66.9 Å². The van der Waals surface area contributed by atoms with E-state index in [1.54, 1.807) is 24.3 Å². The first-order chi connectivity index (χ1) is 13.9. The Bertz CT molecular complexity index is 939. The van der Waals surface area contributed by atoms with Crippen molar-refractivity contribution in [2.75, 3.05) is 32.8 Å². The molecule has 0 bridgehead atoms. The molecule has 1 saturated heterocycles. The molecule has 2 aromatic rings. The Morgan fingerprint density at radius 1 is 1.03 bits per heavy atom. The maximum atomic E-state index is 13.6. The van der Waals surface area contributed by atoms with Gasteiger partial charge in [-0.25, -0.2) is 12.8 Å². The van der Waals surface area contributed by atoms with Gasteiger partial charge in [-0.1, -0.05) is 37.6 Å². The third-order valence-corrected chi connectivity index (χ3v) is 6.79. The zero-order valence-corrected chi connectivity index (χ0v) is 17.2. The summed E-state index contributed by atoms with van der Waals surface area (Å²) in [5.74, 6) is -0.802. The minimum Gasteiger partial charge on any atom is -0.481 e. The van der Waals surface area contributed by atoms with E-state index in [4.69, 9.17) is 4.74 Å². The van der Waals surface area contributed by atoms with Crippen molar-refractivity contribution in [3.05, 3.63) is 59.9 Å². The molecule has 1 aliphatic heterocycles. The van der Waals surface area contributed by atoms with Crippen molar-refractivity contribution in [2.45, 2.75) is 24.7 Å². The maximum absolute atomic E-state index is 13.6. The van der Waals surface area contributed by atoms with Crippen molar-refractivity contribution < 1.29 is 22.3 Å². The van der Waals surface area contributed by atoms with Gasteiger partial charge < -0.3 is 9.64 Å². The minimum absolute atomic E-state index is 0.0218. The average molecular weight is 421 g/mol. The molecule has 0 unspecified atom stereocenters. The zero-order chi connectivity index (χ0) is 20.9. The van der Waals surface area contributed by atoms with Crippen LogP contribution >= 0.6 is 0 Å². The van der Waals surface area contributed by atoms with Gasteiger partial charge in [0.05, 0.1) is 4.90 Å². The number of carbonyl (C=O) groups is 1. The van der Waals surface area contributed by atoms with E-state index in [9.17, 15) is 17.6 Å². The van der Waals surface area contributed by atoms with Gasteiger partial charge in [-0.05, 0) is 36.2 Å². The number of hydrogen-bond donors (Lipinski definition) is 0. The number of benzene rings is 2. The van der Waals surface area contributed by atoms with Crippen LogP contribution in [0.25, 0.3) is 0 Å². The van der Waals surface area contributed by atoms with E-state index in [-0.39, 0.29) is 49.3 Å². The molecule has 0 atom stereocenters. The predicted octanol–water partition coefficient (Wildman–Crippen LogP) is 2.69. The van der Waals surface area contributed by atoms with Gasteiger partial charge in [-0.15, -0.1) is 0 Å². The number of rotatable bonds is 7. The molecule has 29 heavy (non-hydrogen) atoms. The first-order valence-electron chi connectivity index (χ1n) is 9.66. The predicted molar refractivity (Wildman–Crippen MR) is 108 cm³/mol. The van der Waals surface area contributed by atoms with Gasteiger partial charge in [0, 0.05) is 26.2 Å². The molecule has 1 amide bonds. The standard InChI is InChI=1S/C21H25FN2O4S/c1-2-5-17-8-10-18(11-9-17)29(26,27)24-14-12-23(13-15-24)21(25)16-28-20-7-4-3-6-19(20)22/h3-4,6-11H,2,5,12-16H2,1H3. The van der Waals surface area contributed by atoms with Crippen LogP contribution in [0.1, 0.15) is 18.9 Å². The summed E-state index contributed by atoms with van der Waals surface area (Å²) in [6, 6.07) is 12.9. The van der Waals surface area contributed by atoms with Gasteiger partial charge in [0.15, 0.2) is 18.2 Å². The molecule has 0 N–H and O–H groups in total. The first-order valence-corrected chi connectivity index (χ1v) is 11.1. The highest BCUT2D eigenvalue weighted by atomic mass is 32.2. The van der Waals surface area contributed by atoms with Crippen molar-refractivity contribution in [1.29, 1.82) is 0 Å². The molecule has 6 nitrogen and oxygen atoms in total. The van der Waals surface area contributed by atoms with Crippen LogP contribution in [0.5, 0.6) is 5.75 Å². The van der Waals surface area contributed by atoms with Crippen molar-refractivity contribution >= 4 is 15.9 Å². The van der Waals surface area contributed by atoms with Crippen molar-refractivity contribution in [2.24, 2.45) is 0 Å². The summed E-state index contributed by atoms with van der Waals surface area (Å²) in [5.41, 5.74) is 1.11. The molecular formula is C21H25FN2O4S. The van der Waals surface area contributed by atoms with E-state index in [1.165, 1.54) is 21.3 Å². The van der Waals surface area contributed by atoms with Crippen molar-refractivity contribution in [3.8, 4) is 5.75 Å². The second-order valence-corrected chi connectivity index (χ2v) is 8.84. The Morgan fingerprint density at radius 2 is 1.69 bits per heavy atom. The molecule has 1 fully saturated rings. The van der Waals surface area contributed by atoms with E-state index >= 15 is 0 Å². The number of nitrogens with zero attached hydrogens (tertiary/aromatic N) is 2. The third-order valence-electron chi connectivity index (χ3n) is 4.88. The van der Waals surface area contributed by atoms with Gasteiger partial charge >= 0.3 is 0 Å². The van der Waals surface area contributed by atoms with Crippen LogP contribution in [0.2, 0.25) is 0 Å². The second kappa shape index (κ2) is 9.37. The monoisotopic (exact) mass is 420 g/mol. The van der Waals surface area contributed by atoms with E-state index < -0.39 is 15.8 Å². The lowest BCUT2D eigenvalue weighted by atomic mass is 10.1. The normalized spacial score (nSPS) is 15.3. The molecule has 8 heteroatoms. The Labute approximate surface area is 170 Å². The van der Waals surface area contributed by atoms with Crippen LogP contribution in [-0.4, -0.2) is 56.3 Å². The van der Waals surface area contributed by atoms with Crippen LogP contribution in [0.3, 0.4) is 0 Å². The van der Waals surface area contributed by atoms with E-state index in [0.29, 0.717) is 0 Å². The molecule has 0 aromatic heterocycles.